The molecule has 0 saturated carbocycles. The van der Waals surface area contributed by atoms with Gasteiger partial charge in [0.05, 0.1) is 6.54 Å². The van der Waals surface area contributed by atoms with E-state index < -0.39 is 0 Å². The van der Waals surface area contributed by atoms with Crippen molar-refractivity contribution in [2.45, 2.75) is 32.7 Å². The molecule has 7 heteroatoms. The molecule has 0 saturated heterocycles. The average Bonchev–Trinajstić information content (AvgIpc) is 3.21. The largest absolute Gasteiger partial charge is 0.370 e. The minimum atomic E-state index is 0. The molecular formula is C20H25IN6. The highest BCUT2D eigenvalue weighted by Crippen LogP contribution is 2.20. The van der Waals surface area contributed by atoms with Crippen molar-refractivity contribution in [3.63, 3.8) is 0 Å². The second-order valence-electron chi connectivity index (χ2n) is 6.29. The lowest BCUT2D eigenvalue weighted by Crippen LogP contribution is -2.22. The first-order chi connectivity index (χ1) is 12.7. The highest BCUT2D eigenvalue weighted by molar-refractivity contribution is 14.0. The third kappa shape index (κ3) is 5.78. The van der Waals surface area contributed by atoms with Crippen LogP contribution in [0, 0.1) is 0 Å². The molecule has 1 heterocycles. The first-order valence-electron chi connectivity index (χ1n) is 8.77. The van der Waals surface area contributed by atoms with Gasteiger partial charge in [-0.2, -0.15) is 5.10 Å². The SMILES string of the molecule is CCC(C)c1ccc(NC(N)=NCc2cccc(-c3ncn[nH]3)c2)cc1.I. The van der Waals surface area contributed by atoms with Crippen molar-refractivity contribution in [2.24, 2.45) is 10.7 Å². The van der Waals surface area contributed by atoms with E-state index in [1.165, 1.54) is 11.9 Å². The number of rotatable bonds is 6. The topological polar surface area (TPSA) is 92.0 Å². The normalized spacial score (nSPS) is 12.3. The maximum atomic E-state index is 6.02. The van der Waals surface area contributed by atoms with Crippen LogP contribution >= 0.6 is 24.0 Å². The Morgan fingerprint density at radius 1 is 1.22 bits per heavy atom. The number of halogens is 1. The Hall–Kier alpha value is -2.42. The van der Waals surface area contributed by atoms with Crippen LogP contribution < -0.4 is 11.1 Å². The van der Waals surface area contributed by atoms with Gasteiger partial charge in [0.15, 0.2) is 11.8 Å². The van der Waals surface area contributed by atoms with Crippen LogP contribution in [-0.4, -0.2) is 21.1 Å². The summed E-state index contributed by atoms with van der Waals surface area (Å²) in [5.41, 5.74) is 10.3. The van der Waals surface area contributed by atoms with Gasteiger partial charge >= 0.3 is 0 Å². The highest BCUT2D eigenvalue weighted by atomic mass is 127. The third-order valence-electron chi connectivity index (χ3n) is 4.41. The van der Waals surface area contributed by atoms with Crippen LogP contribution in [0.15, 0.2) is 59.9 Å². The molecule has 27 heavy (non-hydrogen) atoms. The average molecular weight is 476 g/mol. The van der Waals surface area contributed by atoms with Crippen molar-refractivity contribution in [3.05, 3.63) is 66.0 Å². The number of nitrogens with one attached hydrogen (secondary N) is 2. The van der Waals surface area contributed by atoms with E-state index in [0.29, 0.717) is 18.4 Å². The fourth-order valence-electron chi connectivity index (χ4n) is 2.66. The number of aromatic amines is 1. The molecule has 0 aliphatic rings. The van der Waals surface area contributed by atoms with Crippen LogP contribution in [0.25, 0.3) is 11.4 Å². The first kappa shape index (κ1) is 20.9. The van der Waals surface area contributed by atoms with Gasteiger partial charge < -0.3 is 11.1 Å². The Balaban J connectivity index is 0.00000261. The molecule has 4 N–H and O–H groups in total. The zero-order chi connectivity index (χ0) is 18.4. The number of aliphatic imine (C=N–C) groups is 1. The van der Waals surface area contributed by atoms with E-state index in [1.807, 2.05) is 36.4 Å². The maximum absolute atomic E-state index is 6.02. The fraction of sp³-hybridized carbons (Fsp3) is 0.250. The number of nitrogens with two attached hydrogens (primary N) is 1. The van der Waals surface area contributed by atoms with Gasteiger partial charge in [-0.1, -0.05) is 44.2 Å². The second kappa shape index (κ2) is 10.1. The summed E-state index contributed by atoms with van der Waals surface area (Å²) < 4.78 is 0. The highest BCUT2D eigenvalue weighted by Gasteiger charge is 2.04. The zero-order valence-electron chi connectivity index (χ0n) is 15.5. The van der Waals surface area contributed by atoms with Gasteiger partial charge in [-0.25, -0.2) is 9.98 Å². The minimum absolute atomic E-state index is 0. The second-order valence-corrected chi connectivity index (χ2v) is 6.29. The Morgan fingerprint density at radius 3 is 2.67 bits per heavy atom. The Morgan fingerprint density at radius 2 is 2.00 bits per heavy atom. The van der Waals surface area contributed by atoms with E-state index in [2.05, 4.69) is 51.5 Å². The molecule has 1 aromatic heterocycles. The van der Waals surface area contributed by atoms with Crippen LogP contribution in [0.3, 0.4) is 0 Å². The number of anilines is 1. The molecule has 142 valence electrons. The molecule has 2 aromatic carbocycles. The standard InChI is InChI=1S/C20H24N6.HI/c1-3-14(2)16-7-9-18(10-8-16)25-20(21)22-12-15-5-4-6-17(11-15)19-23-13-24-26-19;/h4-11,13-14H,3,12H2,1-2H3,(H3,21,22,25)(H,23,24,26);1H. The van der Waals surface area contributed by atoms with Crippen LogP contribution in [0.4, 0.5) is 5.69 Å². The number of aromatic nitrogens is 3. The van der Waals surface area contributed by atoms with Crippen LogP contribution in [0.1, 0.15) is 37.3 Å². The molecule has 0 amide bonds. The van der Waals surface area contributed by atoms with Crippen molar-refractivity contribution < 1.29 is 0 Å². The number of hydrogen-bond acceptors (Lipinski definition) is 3. The Labute approximate surface area is 176 Å². The first-order valence-corrected chi connectivity index (χ1v) is 8.77. The molecule has 0 bridgehead atoms. The zero-order valence-corrected chi connectivity index (χ0v) is 17.8. The van der Waals surface area contributed by atoms with Gasteiger partial charge in [-0.3, -0.25) is 5.10 Å². The van der Waals surface area contributed by atoms with Crippen molar-refractivity contribution in [1.29, 1.82) is 0 Å². The maximum Gasteiger partial charge on any atom is 0.193 e. The molecule has 0 aliphatic carbocycles. The molecule has 3 aromatic rings. The van der Waals surface area contributed by atoms with Crippen molar-refractivity contribution in [3.8, 4) is 11.4 Å². The van der Waals surface area contributed by atoms with Crippen molar-refractivity contribution >= 4 is 35.6 Å². The van der Waals surface area contributed by atoms with E-state index in [4.69, 9.17) is 5.73 Å². The van der Waals surface area contributed by atoms with Gasteiger partial charge in [0, 0.05) is 11.3 Å². The van der Waals surface area contributed by atoms with Crippen LogP contribution in [0.2, 0.25) is 0 Å². The number of H-pyrrole nitrogens is 1. The summed E-state index contributed by atoms with van der Waals surface area (Å²) >= 11 is 0. The van der Waals surface area contributed by atoms with E-state index in [0.717, 1.165) is 29.1 Å². The van der Waals surface area contributed by atoms with Gasteiger partial charge in [0.25, 0.3) is 0 Å². The van der Waals surface area contributed by atoms with E-state index in [9.17, 15) is 0 Å². The molecule has 0 radical (unpaired) electrons. The summed E-state index contributed by atoms with van der Waals surface area (Å²) in [4.78, 5) is 8.59. The molecule has 1 atom stereocenters. The van der Waals surface area contributed by atoms with E-state index in [1.54, 1.807) is 0 Å². The Bertz CT molecular complexity index is 858. The predicted octanol–water partition coefficient (Wildman–Crippen LogP) is 4.53. The predicted molar refractivity (Wildman–Crippen MR) is 121 cm³/mol. The molecule has 0 aliphatic heterocycles. The van der Waals surface area contributed by atoms with Gasteiger partial charge in [0.2, 0.25) is 0 Å². The fourth-order valence-corrected chi connectivity index (χ4v) is 2.66. The van der Waals surface area contributed by atoms with E-state index >= 15 is 0 Å². The summed E-state index contributed by atoms with van der Waals surface area (Å²) in [6, 6.07) is 16.3. The molecule has 3 rings (SSSR count). The summed E-state index contributed by atoms with van der Waals surface area (Å²) in [5, 5.41) is 9.88. The third-order valence-corrected chi connectivity index (χ3v) is 4.41. The van der Waals surface area contributed by atoms with Gasteiger partial charge in [0.1, 0.15) is 6.33 Å². The summed E-state index contributed by atoms with van der Waals surface area (Å²) in [6.45, 7) is 4.91. The number of benzene rings is 2. The monoisotopic (exact) mass is 476 g/mol. The summed E-state index contributed by atoms with van der Waals surface area (Å²) in [5.74, 6) is 1.70. The molecule has 1 unspecified atom stereocenters. The minimum Gasteiger partial charge on any atom is -0.370 e. The van der Waals surface area contributed by atoms with Gasteiger partial charge in [-0.15, -0.1) is 24.0 Å². The number of hydrogen-bond donors (Lipinski definition) is 3. The van der Waals surface area contributed by atoms with Crippen molar-refractivity contribution in [1.82, 2.24) is 15.2 Å². The lowest BCUT2D eigenvalue weighted by molar-refractivity contribution is 0.734. The van der Waals surface area contributed by atoms with Crippen molar-refractivity contribution in [2.75, 3.05) is 5.32 Å². The number of nitrogens with zero attached hydrogens (tertiary/aromatic N) is 3. The number of guanidine groups is 1. The smallest absolute Gasteiger partial charge is 0.193 e. The molecule has 0 spiro atoms. The van der Waals surface area contributed by atoms with E-state index in [-0.39, 0.29) is 24.0 Å². The lowest BCUT2D eigenvalue weighted by Gasteiger charge is -2.11. The van der Waals surface area contributed by atoms with Crippen LogP contribution in [0.5, 0.6) is 0 Å². The summed E-state index contributed by atoms with van der Waals surface area (Å²) in [7, 11) is 0. The quantitative estimate of drug-likeness (QED) is 0.277. The lowest BCUT2D eigenvalue weighted by atomic mass is 9.99. The van der Waals surface area contributed by atoms with Gasteiger partial charge in [-0.05, 0) is 41.7 Å². The molecule has 6 nitrogen and oxygen atoms in total. The van der Waals surface area contributed by atoms with Crippen LogP contribution in [-0.2, 0) is 6.54 Å². The Kier molecular flexibility index (Phi) is 7.78. The summed E-state index contributed by atoms with van der Waals surface area (Å²) in [6.07, 6.45) is 2.62. The molecule has 0 fully saturated rings. The molecular weight excluding hydrogens is 451 g/mol.